The van der Waals surface area contributed by atoms with E-state index in [1.807, 2.05) is 18.4 Å². The Balaban J connectivity index is 1.08. The molecular formula is C80H55BN2O. The number of allylic oxidation sites excluding steroid dienone is 6. The third kappa shape index (κ3) is 8.63. The van der Waals surface area contributed by atoms with Crippen molar-refractivity contribution in [3.05, 3.63) is 345 Å². The van der Waals surface area contributed by atoms with Gasteiger partial charge in [0.1, 0.15) is 5.76 Å². The van der Waals surface area contributed by atoms with E-state index < -0.39 is 0 Å². The summed E-state index contributed by atoms with van der Waals surface area (Å²) in [6.07, 6.45) is 8.32. The SMILES string of the molecule is C=C/C(=C\C1=CB2C(=CO1)/C(=C\C(=C)n1c3ccccc3c3ccccc31)N(c1c(-c3ccccc3)cc(-c3ccccc3)cc1-c1ccccc1)c1cc(-c3c4ccccc4c(-c4ccccc4)c4ccccc34)ccc12)c1ccccc1. The Morgan fingerprint density at radius 3 is 1.40 bits per heavy atom. The summed E-state index contributed by atoms with van der Waals surface area (Å²) in [5, 5.41) is 7.12. The first-order valence-electron chi connectivity index (χ1n) is 28.7. The van der Waals surface area contributed by atoms with Crippen LogP contribution >= 0.6 is 0 Å². The van der Waals surface area contributed by atoms with Crippen molar-refractivity contribution in [2.45, 2.75) is 0 Å². The van der Waals surface area contributed by atoms with Crippen molar-refractivity contribution in [2.24, 2.45) is 0 Å². The van der Waals surface area contributed by atoms with E-state index in [4.69, 9.17) is 11.3 Å². The lowest BCUT2D eigenvalue weighted by Crippen LogP contribution is -2.45. The van der Waals surface area contributed by atoms with Gasteiger partial charge in [-0.2, -0.15) is 0 Å². The number of anilines is 2. The monoisotopic (exact) mass is 1070 g/mol. The average Bonchev–Trinajstić information content (AvgIpc) is 2.25. The van der Waals surface area contributed by atoms with Crippen LogP contribution in [0.25, 0.3) is 110 Å². The summed E-state index contributed by atoms with van der Waals surface area (Å²) in [5.41, 5.74) is 21.5. The molecule has 1 aromatic heterocycles. The second kappa shape index (κ2) is 21.2. The van der Waals surface area contributed by atoms with E-state index >= 15 is 0 Å². The topological polar surface area (TPSA) is 17.4 Å². The minimum atomic E-state index is -0.248. The zero-order valence-corrected chi connectivity index (χ0v) is 46.2. The van der Waals surface area contributed by atoms with Crippen LogP contribution in [0.5, 0.6) is 0 Å². The van der Waals surface area contributed by atoms with E-state index in [2.05, 4.69) is 307 Å². The standard InChI is InChI=1S/C80H55BN2O/c1-3-55(56-27-9-4-10-28-56)48-63-52-81-72-46-45-61(79-68-41-21-19-39-66(68)78(60-35-17-8-18-36-60)67-40-20-22-42-69(67)79)51-77(72)83(76(73(81)53-84-63)47-54(2)82-74-43-25-23-37-64(74)65-38-24-26-44-75(65)82)80-70(58-31-13-6-14-32-58)49-62(57-29-11-5-12-30-57)50-71(80)59-33-15-7-16-34-59/h3-53H,1-2H2/b55-48+,76-47+. The Morgan fingerprint density at radius 1 is 0.429 bits per heavy atom. The number of fused-ring (bicyclic) bond motifs is 8. The molecule has 0 aliphatic carbocycles. The summed E-state index contributed by atoms with van der Waals surface area (Å²) in [6, 6.07) is 101. The molecule has 0 fully saturated rings. The fourth-order valence-electron chi connectivity index (χ4n) is 13.1. The first-order valence-corrected chi connectivity index (χ1v) is 28.7. The smallest absolute Gasteiger partial charge is 0.247 e. The molecule has 0 atom stereocenters. The number of para-hydroxylation sites is 2. The van der Waals surface area contributed by atoms with Crippen LogP contribution in [0.3, 0.4) is 0 Å². The second-order valence-electron chi connectivity index (χ2n) is 21.6. The maximum absolute atomic E-state index is 6.96. The van der Waals surface area contributed by atoms with Gasteiger partial charge in [-0.15, -0.1) is 0 Å². The molecule has 0 saturated carbocycles. The lowest BCUT2D eigenvalue weighted by molar-refractivity contribution is 0.365. The summed E-state index contributed by atoms with van der Waals surface area (Å²) < 4.78 is 9.28. The average molecular weight is 1070 g/mol. The Bertz CT molecular complexity index is 4710. The molecule has 84 heavy (non-hydrogen) atoms. The minimum Gasteiger partial charge on any atom is -0.467 e. The Labute approximate surface area is 490 Å². The van der Waals surface area contributed by atoms with Crippen molar-refractivity contribution < 1.29 is 4.74 Å². The van der Waals surface area contributed by atoms with Crippen LogP contribution in [0.1, 0.15) is 5.56 Å². The van der Waals surface area contributed by atoms with E-state index in [9.17, 15) is 0 Å². The van der Waals surface area contributed by atoms with Crippen molar-refractivity contribution in [1.82, 2.24) is 4.57 Å². The van der Waals surface area contributed by atoms with Crippen molar-refractivity contribution >= 4 is 78.2 Å². The Morgan fingerprint density at radius 2 is 0.881 bits per heavy atom. The van der Waals surface area contributed by atoms with E-state index in [1.165, 1.54) is 49.0 Å². The number of ether oxygens (including phenoxy) is 1. The number of hydrogen-bond acceptors (Lipinski definition) is 2. The van der Waals surface area contributed by atoms with Gasteiger partial charge in [-0.3, -0.25) is 0 Å². The summed E-state index contributed by atoms with van der Waals surface area (Å²) in [7, 11) is 0. The van der Waals surface area contributed by atoms with Crippen LogP contribution < -0.4 is 10.4 Å². The minimum absolute atomic E-state index is 0.248. The van der Waals surface area contributed by atoms with Crippen LogP contribution in [0.15, 0.2) is 340 Å². The molecule has 3 nitrogen and oxygen atoms in total. The van der Waals surface area contributed by atoms with E-state index in [-0.39, 0.29) is 6.71 Å². The molecule has 0 saturated heterocycles. The van der Waals surface area contributed by atoms with Crippen molar-refractivity contribution in [3.63, 3.8) is 0 Å². The fourth-order valence-corrected chi connectivity index (χ4v) is 13.1. The van der Waals surface area contributed by atoms with Gasteiger partial charge in [-0.1, -0.05) is 274 Å². The van der Waals surface area contributed by atoms with Gasteiger partial charge in [0.15, 0.2) is 0 Å². The van der Waals surface area contributed by atoms with Gasteiger partial charge in [-0.05, 0) is 131 Å². The third-order valence-corrected chi connectivity index (χ3v) is 16.8. The third-order valence-electron chi connectivity index (χ3n) is 16.8. The summed E-state index contributed by atoms with van der Waals surface area (Å²) in [4.78, 5) is 2.54. The molecule has 0 bridgehead atoms. The Hall–Kier alpha value is -10.9. The molecule has 0 N–H and O–H groups in total. The first-order chi connectivity index (χ1) is 41.6. The predicted molar refractivity (Wildman–Crippen MR) is 357 cm³/mol. The number of rotatable bonds is 11. The molecule has 0 radical (unpaired) electrons. The van der Waals surface area contributed by atoms with Crippen LogP contribution in [-0.4, -0.2) is 11.3 Å². The molecule has 0 amide bonds. The highest BCUT2D eigenvalue weighted by molar-refractivity contribution is 6.87. The molecular weight excluding hydrogens is 1020 g/mol. The molecule has 3 heterocycles. The number of nitrogens with zero attached hydrogens (tertiary/aromatic N) is 2. The van der Waals surface area contributed by atoms with Crippen LogP contribution in [0.4, 0.5) is 11.4 Å². The van der Waals surface area contributed by atoms with Crippen LogP contribution in [-0.2, 0) is 4.74 Å². The molecule has 4 heteroatoms. The predicted octanol–water partition coefficient (Wildman–Crippen LogP) is 20.5. The highest BCUT2D eigenvalue weighted by Gasteiger charge is 2.40. The number of aromatic nitrogens is 1. The molecule has 2 aliphatic rings. The maximum Gasteiger partial charge on any atom is 0.247 e. The molecule has 12 aromatic carbocycles. The second-order valence-corrected chi connectivity index (χ2v) is 21.6. The molecule has 2 aliphatic heterocycles. The van der Waals surface area contributed by atoms with Gasteiger partial charge >= 0.3 is 0 Å². The molecule has 0 unspecified atom stereocenters. The van der Waals surface area contributed by atoms with Gasteiger partial charge in [0.2, 0.25) is 6.71 Å². The van der Waals surface area contributed by atoms with Crippen molar-refractivity contribution in [2.75, 3.05) is 4.90 Å². The normalized spacial score (nSPS) is 13.6. The zero-order valence-electron chi connectivity index (χ0n) is 46.2. The zero-order chi connectivity index (χ0) is 56.1. The van der Waals surface area contributed by atoms with Gasteiger partial charge in [-0.25, -0.2) is 0 Å². The molecule has 394 valence electrons. The summed E-state index contributed by atoms with van der Waals surface area (Å²) in [5.74, 6) is 3.03. The highest BCUT2D eigenvalue weighted by Crippen LogP contribution is 2.52. The lowest BCUT2D eigenvalue weighted by Gasteiger charge is -2.41. The Kier molecular flexibility index (Phi) is 12.6. The summed E-state index contributed by atoms with van der Waals surface area (Å²) >= 11 is 0. The molecule has 0 spiro atoms. The maximum atomic E-state index is 6.96. The first kappa shape index (κ1) is 50.1. The van der Waals surface area contributed by atoms with Crippen LogP contribution in [0, 0.1) is 0 Å². The quantitative estimate of drug-likeness (QED) is 0.0730. The molecule has 15 rings (SSSR count). The summed E-state index contributed by atoms with van der Waals surface area (Å²) in [6.45, 7) is 9.08. The van der Waals surface area contributed by atoms with Crippen molar-refractivity contribution in [1.29, 1.82) is 0 Å². The lowest BCUT2D eigenvalue weighted by atomic mass is 9.37. The van der Waals surface area contributed by atoms with Gasteiger partial charge in [0.25, 0.3) is 0 Å². The van der Waals surface area contributed by atoms with E-state index in [1.54, 1.807) is 0 Å². The number of benzene rings is 12. The van der Waals surface area contributed by atoms with Crippen LogP contribution in [0.2, 0.25) is 0 Å². The van der Waals surface area contributed by atoms with E-state index in [0.717, 1.165) is 101 Å². The van der Waals surface area contributed by atoms with Gasteiger partial charge in [0.05, 0.1) is 23.0 Å². The fraction of sp³-hybridized carbons (Fsp3) is 0. The molecule has 13 aromatic rings. The van der Waals surface area contributed by atoms with E-state index in [0.29, 0.717) is 0 Å². The largest absolute Gasteiger partial charge is 0.467 e. The van der Waals surface area contributed by atoms with Gasteiger partial charge in [0, 0.05) is 39.0 Å². The number of hydrogen-bond donors (Lipinski definition) is 0. The van der Waals surface area contributed by atoms with Gasteiger partial charge < -0.3 is 14.2 Å². The highest BCUT2D eigenvalue weighted by atomic mass is 16.5. The van der Waals surface area contributed by atoms with Crippen molar-refractivity contribution in [3.8, 4) is 55.6 Å².